The molecule has 0 N–H and O–H groups in total. The Morgan fingerprint density at radius 2 is 1.93 bits per heavy atom. The Hall–Kier alpha value is -3.41. The van der Waals surface area contributed by atoms with E-state index in [9.17, 15) is 14.4 Å². The summed E-state index contributed by atoms with van der Waals surface area (Å²) in [6.45, 7) is 2.45. The van der Waals surface area contributed by atoms with E-state index in [1.807, 2.05) is 18.2 Å². The second-order valence-electron chi connectivity index (χ2n) is 7.40. The molecule has 0 bridgehead atoms. The van der Waals surface area contributed by atoms with Crippen molar-refractivity contribution in [3.05, 3.63) is 65.4 Å². The number of carbonyl (C=O) groups excluding carboxylic acids is 3. The normalized spacial score (nSPS) is 13.8. The van der Waals surface area contributed by atoms with Crippen molar-refractivity contribution in [3.8, 4) is 0 Å². The zero-order valence-corrected chi connectivity index (χ0v) is 16.8. The molecule has 0 spiro atoms. The van der Waals surface area contributed by atoms with E-state index in [0.717, 1.165) is 40.6 Å². The molecule has 6 nitrogen and oxygen atoms in total. The molecule has 0 saturated carbocycles. The topological polar surface area (TPSA) is 76.8 Å². The third-order valence-electron chi connectivity index (χ3n) is 5.40. The molecule has 1 amide bonds. The van der Waals surface area contributed by atoms with E-state index in [1.165, 1.54) is 0 Å². The zero-order valence-electron chi connectivity index (χ0n) is 16.8. The Morgan fingerprint density at radius 1 is 1.13 bits per heavy atom. The van der Waals surface area contributed by atoms with E-state index in [1.54, 1.807) is 35.4 Å². The summed E-state index contributed by atoms with van der Waals surface area (Å²) in [6.07, 6.45) is 3.92. The minimum Gasteiger partial charge on any atom is -0.464 e. The Kier molecular flexibility index (Phi) is 5.65. The largest absolute Gasteiger partial charge is 0.464 e. The standard InChI is InChI=1S/C24H23NO5/c1-2-16-5-10-20-18(14-29-22(20)12-16)13-24(28)30-15-21(26)17-6-8-19(9-7-17)25-11-3-4-23(25)27/h5-10,12,14H,2-4,11,13,15H2,1H3. The van der Waals surface area contributed by atoms with Crippen molar-refractivity contribution in [1.29, 1.82) is 0 Å². The third kappa shape index (κ3) is 4.13. The SMILES string of the molecule is CCc1ccc2c(CC(=O)OCC(=O)c3ccc(N4CCCC4=O)cc3)coc2c1. The average Bonchev–Trinajstić information content (AvgIpc) is 3.37. The first kappa shape index (κ1) is 19.9. The van der Waals surface area contributed by atoms with E-state index >= 15 is 0 Å². The maximum Gasteiger partial charge on any atom is 0.310 e. The highest BCUT2D eigenvalue weighted by Gasteiger charge is 2.22. The quantitative estimate of drug-likeness (QED) is 0.437. The minimum absolute atomic E-state index is 0.0434. The van der Waals surface area contributed by atoms with Gasteiger partial charge in [0.2, 0.25) is 5.91 Å². The van der Waals surface area contributed by atoms with Gasteiger partial charge in [-0.05, 0) is 48.7 Å². The minimum atomic E-state index is -0.482. The molecule has 1 aliphatic heterocycles. The van der Waals surface area contributed by atoms with Crippen LogP contribution in [0.25, 0.3) is 11.0 Å². The van der Waals surface area contributed by atoms with Gasteiger partial charge in [0, 0.05) is 35.2 Å². The lowest BCUT2D eigenvalue weighted by molar-refractivity contribution is -0.141. The zero-order chi connectivity index (χ0) is 21.1. The Balaban J connectivity index is 1.33. The molecule has 1 saturated heterocycles. The lowest BCUT2D eigenvalue weighted by Gasteiger charge is -2.15. The van der Waals surface area contributed by atoms with E-state index in [0.29, 0.717) is 18.5 Å². The molecule has 1 aromatic heterocycles. The van der Waals surface area contributed by atoms with Gasteiger partial charge in [-0.1, -0.05) is 19.1 Å². The molecule has 154 valence electrons. The summed E-state index contributed by atoms with van der Waals surface area (Å²) in [5.41, 5.74) is 3.87. The molecule has 0 atom stereocenters. The molecule has 30 heavy (non-hydrogen) atoms. The summed E-state index contributed by atoms with van der Waals surface area (Å²) in [7, 11) is 0. The molecular formula is C24H23NO5. The Morgan fingerprint density at radius 3 is 2.63 bits per heavy atom. The van der Waals surface area contributed by atoms with Crippen molar-refractivity contribution >= 4 is 34.3 Å². The van der Waals surface area contributed by atoms with E-state index < -0.39 is 5.97 Å². The van der Waals surface area contributed by atoms with E-state index in [4.69, 9.17) is 9.15 Å². The molecular weight excluding hydrogens is 382 g/mol. The number of benzene rings is 2. The fourth-order valence-corrected chi connectivity index (χ4v) is 3.67. The Labute approximate surface area is 174 Å². The molecule has 6 heteroatoms. The highest BCUT2D eigenvalue weighted by molar-refractivity contribution is 5.99. The lowest BCUT2D eigenvalue weighted by atomic mass is 10.1. The van der Waals surface area contributed by atoms with Crippen molar-refractivity contribution in [2.75, 3.05) is 18.1 Å². The van der Waals surface area contributed by atoms with Crippen molar-refractivity contribution in [2.24, 2.45) is 0 Å². The first-order valence-electron chi connectivity index (χ1n) is 10.1. The number of carbonyl (C=O) groups is 3. The van der Waals surface area contributed by atoms with Gasteiger partial charge in [0.25, 0.3) is 0 Å². The maximum atomic E-state index is 12.4. The van der Waals surface area contributed by atoms with Crippen LogP contribution in [0.5, 0.6) is 0 Å². The molecule has 1 aliphatic rings. The highest BCUT2D eigenvalue weighted by atomic mass is 16.5. The van der Waals surface area contributed by atoms with Crippen molar-refractivity contribution < 1.29 is 23.5 Å². The van der Waals surface area contributed by atoms with Crippen molar-refractivity contribution in [1.82, 2.24) is 0 Å². The molecule has 0 unspecified atom stereocenters. The van der Waals surface area contributed by atoms with Gasteiger partial charge in [-0.25, -0.2) is 0 Å². The summed E-state index contributed by atoms with van der Waals surface area (Å²) in [5, 5.41) is 0.877. The van der Waals surface area contributed by atoms with Crippen LogP contribution < -0.4 is 4.90 Å². The van der Waals surface area contributed by atoms with Crippen LogP contribution in [0, 0.1) is 0 Å². The third-order valence-corrected chi connectivity index (χ3v) is 5.40. The van der Waals surface area contributed by atoms with Gasteiger partial charge in [0.15, 0.2) is 12.4 Å². The molecule has 2 aromatic carbocycles. The Bertz CT molecular complexity index is 1100. The smallest absolute Gasteiger partial charge is 0.310 e. The number of esters is 1. The predicted octanol–water partition coefficient (Wildman–Crippen LogP) is 4.09. The number of anilines is 1. The van der Waals surface area contributed by atoms with Gasteiger partial charge < -0.3 is 14.1 Å². The number of ether oxygens (including phenoxy) is 1. The molecule has 0 aliphatic carbocycles. The molecule has 3 aromatic rings. The molecule has 1 fully saturated rings. The fourth-order valence-electron chi connectivity index (χ4n) is 3.67. The number of rotatable bonds is 7. The number of nitrogens with zero attached hydrogens (tertiary/aromatic N) is 1. The van der Waals surface area contributed by atoms with Crippen molar-refractivity contribution in [3.63, 3.8) is 0 Å². The first-order chi connectivity index (χ1) is 14.5. The van der Waals surface area contributed by atoms with Crippen LogP contribution in [0.3, 0.4) is 0 Å². The number of aryl methyl sites for hydroxylation is 1. The van der Waals surface area contributed by atoms with Gasteiger partial charge in [0.1, 0.15) is 5.58 Å². The number of hydrogen-bond acceptors (Lipinski definition) is 5. The highest BCUT2D eigenvalue weighted by Crippen LogP contribution is 2.24. The van der Waals surface area contributed by atoms with Crippen LogP contribution in [0.15, 0.2) is 53.1 Å². The molecule has 0 radical (unpaired) electrons. The second kappa shape index (κ2) is 8.53. The van der Waals surface area contributed by atoms with Gasteiger partial charge >= 0.3 is 5.97 Å². The molecule has 2 heterocycles. The fraction of sp³-hybridized carbons (Fsp3) is 0.292. The maximum absolute atomic E-state index is 12.4. The summed E-state index contributed by atoms with van der Waals surface area (Å²) in [5.74, 6) is -0.669. The van der Waals surface area contributed by atoms with Crippen LogP contribution in [0.2, 0.25) is 0 Å². The number of ketones is 1. The predicted molar refractivity (Wildman–Crippen MR) is 113 cm³/mol. The monoisotopic (exact) mass is 405 g/mol. The van der Waals surface area contributed by atoms with Crippen molar-refractivity contribution in [2.45, 2.75) is 32.6 Å². The summed E-state index contributed by atoms with van der Waals surface area (Å²) in [4.78, 5) is 38.1. The summed E-state index contributed by atoms with van der Waals surface area (Å²) < 4.78 is 10.7. The van der Waals surface area contributed by atoms with Crippen LogP contribution in [0.4, 0.5) is 5.69 Å². The summed E-state index contributed by atoms with van der Waals surface area (Å²) >= 11 is 0. The first-order valence-corrected chi connectivity index (χ1v) is 10.1. The van der Waals surface area contributed by atoms with Gasteiger partial charge in [-0.15, -0.1) is 0 Å². The number of amides is 1. The molecule has 4 rings (SSSR count). The van der Waals surface area contributed by atoms with Gasteiger partial charge in [-0.3, -0.25) is 14.4 Å². The van der Waals surface area contributed by atoms with Gasteiger partial charge in [-0.2, -0.15) is 0 Å². The van der Waals surface area contributed by atoms with Crippen LogP contribution in [-0.2, 0) is 27.2 Å². The number of fused-ring (bicyclic) bond motifs is 1. The van der Waals surface area contributed by atoms with Crippen LogP contribution >= 0.6 is 0 Å². The number of furan rings is 1. The lowest BCUT2D eigenvalue weighted by Crippen LogP contribution is -2.23. The van der Waals surface area contributed by atoms with Gasteiger partial charge in [0.05, 0.1) is 12.7 Å². The van der Waals surface area contributed by atoms with Crippen LogP contribution in [0.1, 0.15) is 41.3 Å². The van der Waals surface area contributed by atoms with Crippen LogP contribution in [-0.4, -0.2) is 30.8 Å². The van der Waals surface area contributed by atoms with E-state index in [2.05, 4.69) is 6.92 Å². The average molecular weight is 405 g/mol. The number of Topliss-reactive ketones (excluding diaryl/α,β-unsaturated/α-hetero) is 1. The van der Waals surface area contributed by atoms with E-state index in [-0.39, 0.29) is 24.7 Å². The number of hydrogen-bond donors (Lipinski definition) is 0. The summed E-state index contributed by atoms with van der Waals surface area (Å²) in [6, 6.07) is 12.7. The second-order valence-corrected chi connectivity index (χ2v) is 7.40.